The number of hydrogen-bond acceptors (Lipinski definition) is 3. The molecule has 0 aromatic heterocycles. The minimum Gasteiger partial charge on any atom is -0.481 e. The van der Waals surface area contributed by atoms with Gasteiger partial charge in [-0.25, -0.2) is 0 Å². The van der Waals surface area contributed by atoms with E-state index in [-0.39, 0.29) is 6.54 Å². The highest BCUT2D eigenvalue weighted by Gasteiger charge is 2.36. The number of amides is 2. The number of carboxylic acid groups (broad SMARTS) is 1. The summed E-state index contributed by atoms with van der Waals surface area (Å²) in [5, 5.41) is 8.78. The van der Waals surface area contributed by atoms with Crippen LogP contribution in [0.15, 0.2) is 24.3 Å². The lowest BCUT2D eigenvalue weighted by Gasteiger charge is -2.16. The normalized spacial score (nSPS) is 15.9. The standard InChI is InChI=1S/C12H11NO4/c1-7(12(16)17)6-13-10(14)8-4-2-3-5-9(8)11(13)15/h2-5,7H,6H2,1H3,(H,16,17). The minimum absolute atomic E-state index is 0.0956. The van der Waals surface area contributed by atoms with E-state index >= 15 is 0 Å². The van der Waals surface area contributed by atoms with Crippen molar-refractivity contribution in [3.63, 3.8) is 0 Å². The Morgan fingerprint density at radius 2 is 1.71 bits per heavy atom. The molecule has 0 spiro atoms. The molecule has 0 saturated heterocycles. The van der Waals surface area contributed by atoms with Crippen LogP contribution in [-0.4, -0.2) is 34.3 Å². The van der Waals surface area contributed by atoms with Gasteiger partial charge in [-0.15, -0.1) is 0 Å². The molecule has 2 amide bonds. The minimum atomic E-state index is -1.03. The SMILES string of the molecule is CC(CN1C(=O)c2ccccc2C1=O)C(=O)O. The van der Waals surface area contributed by atoms with Crippen LogP contribution in [0.2, 0.25) is 0 Å². The molecule has 1 N–H and O–H groups in total. The summed E-state index contributed by atoms with van der Waals surface area (Å²) in [6.07, 6.45) is 0. The number of nitrogens with zero attached hydrogens (tertiary/aromatic N) is 1. The third-order valence-electron chi connectivity index (χ3n) is 2.76. The topological polar surface area (TPSA) is 74.7 Å². The zero-order valence-corrected chi connectivity index (χ0v) is 9.21. The average Bonchev–Trinajstić information content (AvgIpc) is 2.55. The summed E-state index contributed by atoms with van der Waals surface area (Å²) in [6.45, 7) is 1.37. The van der Waals surface area contributed by atoms with E-state index in [9.17, 15) is 14.4 Å². The predicted octanol–water partition coefficient (Wildman–Crippen LogP) is 1.00. The van der Waals surface area contributed by atoms with Crippen LogP contribution >= 0.6 is 0 Å². The summed E-state index contributed by atoms with van der Waals surface area (Å²) in [5.74, 6) is -2.63. The van der Waals surface area contributed by atoms with Crippen molar-refractivity contribution in [1.82, 2.24) is 4.90 Å². The van der Waals surface area contributed by atoms with E-state index in [1.54, 1.807) is 24.3 Å². The number of carbonyl (C=O) groups is 3. The second-order valence-electron chi connectivity index (χ2n) is 4.01. The van der Waals surface area contributed by atoms with E-state index in [4.69, 9.17) is 5.11 Å². The largest absolute Gasteiger partial charge is 0.481 e. The summed E-state index contributed by atoms with van der Waals surface area (Å²) < 4.78 is 0. The molecule has 0 fully saturated rings. The molecule has 0 saturated carbocycles. The molecule has 1 aliphatic rings. The summed E-state index contributed by atoms with van der Waals surface area (Å²) in [4.78, 5) is 35.5. The molecule has 1 atom stereocenters. The van der Waals surface area contributed by atoms with Gasteiger partial charge >= 0.3 is 5.97 Å². The van der Waals surface area contributed by atoms with Gasteiger partial charge < -0.3 is 5.11 Å². The van der Waals surface area contributed by atoms with Gasteiger partial charge in [-0.1, -0.05) is 19.1 Å². The van der Waals surface area contributed by atoms with Crippen molar-refractivity contribution in [3.8, 4) is 0 Å². The molecule has 1 aromatic carbocycles. The Morgan fingerprint density at radius 1 is 1.24 bits per heavy atom. The number of benzene rings is 1. The van der Waals surface area contributed by atoms with Crippen LogP contribution in [-0.2, 0) is 4.79 Å². The Bertz CT molecular complexity index is 474. The molecule has 0 aliphatic carbocycles. The maximum Gasteiger partial charge on any atom is 0.308 e. The van der Waals surface area contributed by atoms with Gasteiger partial charge in [-0.05, 0) is 12.1 Å². The van der Waals surface area contributed by atoms with E-state index in [2.05, 4.69) is 0 Å². The van der Waals surface area contributed by atoms with E-state index in [0.29, 0.717) is 11.1 Å². The quantitative estimate of drug-likeness (QED) is 0.790. The molecule has 1 unspecified atom stereocenters. The van der Waals surface area contributed by atoms with E-state index in [0.717, 1.165) is 4.90 Å². The first-order valence-corrected chi connectivity index (χ1v) is 5.20. The van der Waals surface area contributed by atoms with E-state index in [1.165, 1.54) is 6.92 Å². The van der Waals surface area contributed by atoms with Crippen LogP contribution in [0.1, 0.15) is 27.6 Å². The summed E-state index contributed by atoms with van der Waals surface area (Å²) in [6, 6.07) is 6.49. The smallest absolute Gasteiger partial charge is 0.308 e. The van der Waals surface area contributed by atoms with Gasteiger partial charge in [0.2, 0.25) is 0 Å². The van der Waals surface area contributed by atoms with Crippen molar-refractivity contribution in [2.24, 2.45) is 5.92 Å². The highest BCUT2D eigenvalue weighted by molar-refractivity contribution is 6.21. The Labute approximate surface area is 97.7 Å². The second-order valence-corrected chi connectivity index (χ2v) is 4.01. The highest BCUT2D eigenvalue weighted by Crippen LogP contribution is 2.23. The summed E-state index contributed by atoms with van der Waals surface area (Å²) in [7, 11) is 0. The lowest BCUT2D eigenvalue weighted by molar-refractivity contribution is -0.141. The van der Waals surface area contributed by atoms with Gasteiger partial charge in [-0.3, -0.25) is 19.3 Å². The molecular formula is C12H11NO4. The molecule has 1 heterocycles. The Balaban J connectivity index is 2.27. The zero-order chi connectivity index (χ0) is 12.6. The van der Waals surface area contributed by atoms with Crippen molar-refractivity contribution in [2.45, 2.75) is 6.92 Å². The van der Waals surface area contributed by atoms with Crippen LogP contribution < -0.4 is 0 Å². The van der Waals surface area contributed by atoms with Crippen LogP contribution in [0.25, 0.3) is 0 Å². The lowest BCUT2D eigenvalue weighted by atomic mass is 10.1. The number of carboxylic acids is 1. The number of rotatable bonds is 3. The van der Waals surface area contributed by atoms with Crippen molar-refractivity contribution in [1.29, 1.82) is 0 Å². The molecule has 0 radical (unpaired) electrons. The third-order valence-corrected chi connectivity index (χ3v) is 2.76. The number of aliphatic carboxylic acids is 1. The number of hydrogen-bond donors (Lipinski definition) is 1. The molecule has 88 valence electrons. The monoisotopic (exact) mass is 233 g/mol. The van der Waals surface area contributed by atoms with Crippen molar-refractivity contribution >= 4 is 17.8 Å². The molecular weight excluding hydrogens is 222 g/mol. The number of carbonyl (C=O) groups excluding carboxylic acids is 2. The van der Waals surface area contributed by atoms with Crippen LogP contribution in [0, 0.1) is 5.92 Å². The average molecular weight is 233 g/mol. The predicted molar refractivity (Wildman–Crippen MR) is 58.6 cm³/mol. The van der Waals surface area contributed by atoms with Gasteiger partial charge in [0, 0.05) is 6.54 Å². The van der Waals surface area contributed by atoms with E-state index < -0.39 is 23.7 Å². The highest BCUT2D eigenvalue weighted by atomic mass is 16.4. The molecule has 2 rings (SSSR count). The van der Waals surface area contributed by atoms with Gasteiger partial charge in [-0.2, -0.15) is 0 Å². The maximum atomic E-state index is 11.9. The first-order valence-electron chi connectivity index (χ1n) is 5.20. The molecule has 17 heavy (non-hydrogen) atoms. The second kappa shape index (κ2) is 4.01. The first-order chi connectivity index (χ1) is 8.02. The lowest BCUT2D eigenvalue weighted by Crippen LogP contribution is -2.36. The van der Waals surface area contributed by atoms with Crippen molar-refractivity contribution < 1.29 is 19.5 Å². The molecule has 1 aromatic rings. The van der Waals surface area contributed by atoms with Gasteiger partial charge in [0.1, 0.15) is 0 Å². The van der Waals surface area contributed by atoms with Crippen LogP contribution in [0.4, 0.5) is 0 Å². The Hall–Kier alpha value is -2.17. The zero-order valence-electron chi connectivity index (χ0n) is 9.21. The van der Waals surface area contributed by atoms with Gasteiger partial charge in [0.05, 0.1) is 17.0 Å². The first kappa shape index (κ1) is 11.3. The number of fused-ring (bicyclic) bond motifs is 1. The fourth-order valence-electron chi connectivity index (χ4n) is 1.76. The fourth-order valence-corrected chi connectivity index (χ4v) is 1.76. The third kappa shape index (κ3) is 1.80. The molecule has 5 nitrogen and oxygen atoms in total. The van der Waals surface area contributed by atoms with Crippen LogP contribution in [0.5, 0.6) is 0 Å². The molecule has 5 heteroatoms. The summed E-state index contributed by atoms with van der Waals surface area (Å²) >= 11 is 0. The summed E-state index contributed by atoms with van der Waals surface area (Å²) in [5.41, 5.74) is 0.685. The fraction of sp³-hybridized carbons (Fsp3) is 0.250. The van der Waals surface area contributed by atoms with Crippen LogP contribution in [0.3, 0.4) is 0 Å². The van der Waals surface area contributed by atoms with Gasteiger partial charge in [0.25, 0.3) is 11.8 Å². The van der Waals surface area contributed by atoms with Gasteiger partial charge in [0.15, 0.2) is 0 Å². The Kier molecular flexibility index (Phi) is 2.67. The molecule has 1 aliphatic heterocycles. The maximum absolute atomic E-state index is 11.9. The number of imide groups is 1. The Morgan fingerprint density at radius 3 is 2.12 bits per heavy atom. The molecule has 0 bridgehead atoms. The van der Waals surface area contributed by atoms with Crippen molar-refractivity contribution in [3.05, 3.63) is 35.4 Å². The van der Waals surface area contributed by atoms with Crippen molar-refractivity contribution in [2.75, 3.05) is 6.54 Å². The van der Waals surface area contributed by atoms with E-state index in [1.807, 2.05) is 0 Å².